The highest BCUT2D eigenvalue weighted by molar-refractivity contribution is 7.99. The molecule has 0 bridgehead atoms. The highest BCUT2D eigenvalue weighted by Gasteiger charge is 2.29. The molecule has 0 N–H and O–H groups in total. The van der Waals surface area contributed by atoms with E-state index in [-0.39, 0.29) is 5.91 Å². The van der Waals surface area contributed by atoms with Crippen molar-refractivity contribution in [3.05, 3.63) is 71.8 Å². The van der Waals surface area contributed by atoms with Gasteiger partial charge in [0.2, 0.25) is 5.91 Å². The average molecular weight is 542 g/mol. The minimum absolute atomic E-state index is 0.206. The summed E-state index contributed by atoms with van der Waals surface area (Å²) in [4.78, 5) is 28.0. The zero-order chi connectivity index (χ0) is 26.6. The van der Waals surface area contributed by atoms with Gasteiger partial charge in [-0.05, 0) is 56.0 Å². The zero-order valence-electron chi connectivity index (χ0n) is 23.0. The molecule has 1 aliphatic carbocycles. The smallest absolute Gasteiger partial charge is 0.242 e. The molecule has 1 aliphatic heterocycles. The molecule has 1 amide bonds. The summed E-state index contributed by atoms with van der Waals surface area (Å²) in [7, 11) is 0. The van der Waals surface area contributed by atoms with Crippen LogP contribution in [0.2, 0.25) is 0 Å². The van der Waals surface area contributed by atoms with Crippen molar-refractivity contribution in [1.29, 1.82) is 0 Å². The maximum atomic E-state index is 13.5. The van der Waals surface area contributed by atoms with Gasteiger partial charge in [0.1, 0.15) is 6.54 Å². The van der Waals surface area contributed by atoms with Crippen molar-refractivity contribution in [3.8, 4) is 0 Å². The van der Waals surface area contributed by atoms with Gasteiger partial charge in [-0.3, -0.25) is 19.7 Å². The van der Waals surface area contributed by atoms with Crippen molar-refractivity contribution in [2.75, 3.05) is 31.1 Å². The van der Waals surface area contributed by atoms with Gasteiger partial charge in [0, 0.05) is 59.8 Å². The van der Waals surface area contributed by atoms with Crippen molar-refractivity contribution in [1.82, 2.24) is 24.3 Å². The molecule has 4 heterocycles. The maximum Gasteiger partial charge on any atom is 0.242 e. The SMILES string of the molecule is CCCCCN(Cc1nccc2c3ccccc3n(CC(=O)N3CCSCC3)c12)C1CCCc2cccnc21. The Hall–Kier alpha value is -2.90. The van der Waals surface area contributed by atoms with Crippen molar-refractivity contribution in [2.45, 2.75) is 64.6 Å². The largest absolute Gasteiger partial charge is 0.339 e. The van der Waals surface area contributed by atoms with Crippen LogP contribution in [0.3, 0.4) is 0 Å². The number of benzene rings is 1. The molecule has 0 saturated carbocycles. The minimum atomic E-state index is 0.206. The maximum absolute atomic E-state index is 13.5. The number of rotatable bonds is 9. The number of thioether (sulfide) groups is 1. The molecule has 2 aliphatic rings. The van der Waals surface area contributed by atoms with E-state index in [4.69, 9.17) is 9.97 Å². The van der Waals surface area contributed by atoms with Crippen LogP contribution in [0, 0.1) is 0 Å². The van der Waals surface area contributed by atoms with Gasteiger partial charge >= 0.3 is 0 Å². The zero-order valence-corrected chi connectivity index (χ0v) is 23.8. The number of nitrogens with zero attached hydrogens (tertiary/aromatic N) is 5. The Morgan fingerprint density at radius 2 is 1.90 bits per heavy atom. The van der Waals surface area contributed by atoms with Gasteiger partial charge < -0.3 is 9.47 Å². The molecule has 39 heavy (non-hydrogen) atoms. The third-order valence-corrected chi connectivity index (χ3v) is 9.36. The molecule has 1 atom stereocenters. The first-order valence-electron chi connectivity index (χ1n) is 14.6. The van der Waals surface area contributed by atoms with E-state index in [1.165, 1.54) is 47.7 Å². The third-order valence-electron chi connectivity index (χ3n) is 8.42. The van der Waals surface area contributed by atoms with E-state index in [1.54, 1.807) is 0 Å². The van der Waals surface area contributed by atoms with Gasteiger partial charge in [0.15, 0.2) is 0 Å². The summed E-state index contributed by atoms with van der Waals surface area (Å²) in [6, 6.07) is 15.2. The van der Waals surface area contributed by atoms with Gasteiger partial charge in [-0.2, -0.15) is 11.8 Å². The first-order chi connectivity index (χ1) is 19.2. The van der Waals surface area contributed by atoms with Crippen LogP contribution in [0.4, 0.5) is 0 Å². The lowest BCUT2D eigenvalue weighted by molar-refractivity contribution is -0.131. The molecule has 0 radical (unpaired) electrons. The van der Waals surface area contributed by atoms with Crippen LogP contribution in [-0.4, -0.2) is 61.4 Å². The molecular formula is C32H39N5OS. The Balaban J connectivity index is 1.40. The monoisotopic (exact) mass is 541 g/mol. The van der Waals surface area contributed by atoms with Crippen LogP contribution < -0.4 is 0 Å². The lowest BCUT2D eigenvalue weighted by Gasteiger charge is -2.35. The molecule has 1 saturated heterocycles. The van der Waals surface area contributed by atoms with E-state index in [0.29, 0.717) is 12.6 Å². The summed E-state index contributed by atoms with van der Waals surface area (Å²) < 4.78 is 2.24. The van der Waals surface area contributed by atoms with Gasteiger partial charge in [0.05, 0.1) is 22.9 Å². The first kappa shape index (κ1) is 26.3. The number of unbranched alkanes of at least 4 members (excludes halogenated alkanes) is 2. The second-order valence-electron chi connectivity index (χ2n) is 10.9. The molecule has 0 spiro atoms. The molecule has 204 valence electrons. The predicted molar refractivity (Wildman–Crippen MR) is 161 cm³/mol. The standard InChI is InChI=1S/C32H39N5OS/c1-2-3-6-17-36(29-13-7-9-24-10-8-15-34-31(24)29)22-27-32-26(14-16-33-27)25-11-4-5-12-28(25)37(32)23-30(38)35-18-20-39-21-19-35/h4-5,8,10-12,14-16,29H,2-3,6-7,9,13,17-23H2,1H3. The number of aromatic nitrogens is 3. The highest BCUT2D eigenvalue weighted by atomic mass is 32.2. The number of amides is 1. The van der Waals surface area contributed by atoms with E-state index in [0.717, 1.165) is 67.3 Å². The fraction of sp³-hybridized carbons (Fsp3) is 0.469. The molecule has 1 aromatic carbocycles. The number of aryl methyl sites for hydroxylation is 1. The predicted octanol–water partition coefficient (Wildman–Crippen LogP) is 6.23. The van der Waals surface area contributed by atoms with Crippen molar-refractivity contribution in [3.63, 3.8) is 0 Å². The lowest BCUT2D eigenvalue weighted by atomic mass is 9.90. The summed E-state index contributed by atoms with van der Waals surface area (Å²) in [6.45, 7) is 6.08. The fourth-order valence-corrected chi connectivity index (χ4v) is 7.35. The summed E-state index contributed by atoms with van der Waals surface area (Å²) in [5.74, 6) is 2.25. The number of hydrogen-bond acceptors (Lipinski definition) is 5. The Kier molecular flexibility index (Phi) is 8.16. The lowest BCUT2D eigenvalue weighted by Crippen LogP contribution is -2.39. The number of fused-ring (bicyclic) bond motifs is 4. The van der Waals surface area contributed by atoms with Crippen LogP contribution in [0.15, 0.2) is 54.9 Å². The van der Waals surface area contributed by atoms with E-state index in [2.05, 4.69) is 58.9 Å². The quantitative estimate of drug-likeness (QED) is 0.235. The molecule has 6 rings (SSSR count). The normalized spacial score (nSPS) is 17.7. The fourth-order valence-electron chi connectivity index (χ4n) is 6.44. The van der Waals surface area contributed by atoms with Crippen LogP contribution in [0.5, 0.6) is 0 Å². The number of hydrogen-bond donors (Lipinski definition) is 0. The van der Waals surface area contributed by atoms with Gasteiger partial charge in [-0.25, -0.2) is 0 Å². The Morgan fingerprint density at radius 1 is 1.03 bits per heavy atom. The Labute approximate surface area is 235 Å². The van der Waals surface area contributed by atoms with Gasteiger partial charge in [0.25, 0.3) is 0 Å². The molecule has 6 nitrogen and oxygen atoms in total. The molecular weight excluding hydrogens is 502 g/mol. The molecule has 4 aromatic rings. The van der Waals surface area contributed by atoms with Crippen LogP contribution in [0.1, 0.15) is 62.0 Å². The summed E-state index contributed by atoms with van der Waals surface area (Å²) in [5, 5.41) is 2.38. The molecule has 1 unspecified atom stereocenters. The molecule has 3 aromatic heterocycles. The molecule has 7 heteroatoms. The van der Waals surface area contributed by atoms with Gasteiger partial charge in [-0.15, -0.1) is 0 Å². The minimum Gasteiger partial charge on any atom is -0.339 e. The number of para-hydroxylation sites is 1. The van der Waals surface area contributed by atoms with Crippen LogP contribution >= 0.6 is 11.8 Å². The van der Waals surface area contributed by atoms with E-state index in [1.807, 2.05) is 29.1 Å². The number of carbonyl (C=O) groups excluding carboxylic acids is 1. The number of pyridine rings is 2. The number of carbonyl (C=O) groups is 1. The van der Waals surface area contributed by atoms with Crippen molar-refractivity contribution in [2.24, 2.45) is 0 Å². The second-order valence-corrected chi connectivity index (χ2v) is 12.1. The summed E-state index contributed by atoms with van der Waals surface area (Å²) in [6.07, 6.45) is 10.9. The summed E-state index contributed by atoms with van der Waals surface area (Å²) >= 11 is 1.93. The summed E-state index contributed by atoms with van der Waals surface area (Å²) in [5.41, 5.74) is 5.91. The van der Waals surface area contributed by atoms with E-state index in [9.17, 15) is 4.79 Å². The Bertz CT molecular complexity index is 1440. The highest BCUT2D eigenvalue weighted by Crippen LogP contribution is 2.36. The van der Waals surface area contributed by atoms with Crippen molar-refractivity contribution >= 4 is 39.5 Å². The second kappa shape index (κ2) is 12.1. The Morgan fingerprint density at radius 3 is 2.77 bits per heavy atom. The third kappa shape index (κ3) is 5.44. The van der Waals surface area contributed by atoms with E-state index >= 15 is 0 Å². The van der Waals surface area contributed by atoms with Crippen molar-refractivity contribution < 1.29 is 4.79 Å². The average Bonchev–Trinajstić information content (AvgIpc) is 3.31. The van der Waals surface area contributed by atoms with Gasteiger partial charge in [-0.1, -0.05) is 44.0 Å². The van der Waals surface area contributed by atoms with E-state index < -0.39 is 0 Å². The molecule has 1 fully saturated rings. The van der Waals surface area contributed by atoms with Crippen LogP contribution in [0.25, 0.3) is 21.8 Å². The van der Waals surface area contributed by atoms with Crippen LogP contribution in [-0.2, 0) is 24.3 Å². The topological polar surface area (TPSA) is 54.3 Å². The first-order valence-corrected chi connectivity index (χ1v) is 15.8.